The lowest BCUT2D eigenvalue weighted by Crippen LogP contribution is -2.23. The first-order chi connectivity index (χ1) is 7.22. The van der Waals surface area contributed by atoms with Gasteiger partial charge in [0.25, 0.3) is 0 Å². The maximum Gasteiger partial charge on any atom is 0.0348 e. The highest BCUT2D eigenvalue weighted by atomic mass is 32.1. The maximum atomic E-state index is 3.29. The molecule has 15 heavy (non-hydrogen) atoms. The molecule has 0 saturated carbocycles. The minimum Gasteiger partial charge on any atom is -0.317 e. The van der Waals surface area contributed by atoms with Gasteiger partial charge in [0.15, 0.2) is 0 Å². The van der Waals surface area contributed by atoms with Crippen LogP contribution in [0.15, 0.2) is 23.6 Å². The Balaban J connectivity index is 2.45. The molecule has 0 aliphatic rings. The number of nitrogens with one attached hydrogen (secondary N) is 1. The zero-order valence-corrected chi connectivity index (χ0v) is 10.3. The Bertz CT molecular complexity index is 459. The monoisotopic (exact) mass is 219 g/mol. The fourth-order valence-electron chi connectivity index (χ4n) is 1.94. The van der Waals surface area contributed by atoms with Gasteiger partial charge in [0.2, 0.25) is 0 Å². The molecule has 1 aromatic heterocycles. The summed E-state index contributed by atoms with van der Waals surface area (Å²) in [5, 5.41) is 7.00. The van der Waals surface area contributed by atoms with Crippen molar-refractivity contribution in [1.29, 1.82) is 0 Å². The van der Waals surface area contributed by atoms with Crippen LogP contribution in [0.1, 0.15) is 18.1 Å². The average molecular weight is 219 g/mol. The molecule has 0 fully saturated rings. The van der Waals surface area contributed by atoms with Crippen LogP contribution in [-0.4, -0.2) is 13.1 Å². The van der Waals surface area contributed by atoms with E-state index < -0.39 is 0 Å². The number of aryl methyl sites for hydroxylation is 1. The molecule has 0 bridgehead atoms. The third kappa shape index (κ3) is 2.06. The lowest BCUT2D eigenvalue weighted by atomic mass is 10.0. The van der Waals surface area contributed by atoms with Crippen LogP contribution in [0.3, 0.4) is 0 Å². The van der Waals surface area contributed by atoms with E-state index in [2.05, 4.69) is 42.7 Å². The molecule has 80 valence electrons. The zero-order valence-electron chi connectivity index (χ0n) is 9.50. The zero-order chi connectivity index (χ0) is 10.8. The summed E-state index contributed by atoms with van der Waals surface area (Å²) < 4.78 is 1.41. The normalized spacial score (nSPS) is 13.3. The molecular weight excluding hydrogens is 202 g/mol. The molecule has 0 spiro atoms. The summed E-state index contributed by atoms with van der Waals surface area (Å²) in [4.78, 5) is 0. The highest BCUT2D eigenvalue weighted by Crippen LogP contribution is 2.29. The highest BCUT2D eigenvalue weighted by molar-refractivity contribution is 7.17. The van der Waals surface area contributed by atoms with E-state index >= 15 is 0 Å². The molecule has 2 rings (SSSR count). The summed E-state index contributed by atoms with van der Waals surface area (Å²) in [5.74, 6) is 0. The van der Waals surface area contributed by atoms with Crippen LogP contribution in [0.5, 0.6) is 0 Å². The molecule has 1 N–H and O–H groups in total. The molecular formula is C13H17NS. The van der Waals surface area contributed by atoms with Gasteiger partial charge in [-0.15, -0.1) is 11.3 Å². The largest absolute Gasteiger partial charge is 0.317 e. The summed E-state index contributed by atoms with van der Waals surface area (Å²) in [7, 11) is 2.02. The quantitative estimate of drug-likeness (QED) is 0.834. The Morgan fingerprint density at radius 1 is 1.40 bits per heavy atom. The van der Waals surface area contributed by atoms with E-state index in [0.29, 0.717) is 6.04 Å². The number of fused-ring (bicyclic) bond motifs is 1. The van der Waals surface area contributed by atoms with Gasteiger partial charge in [-0.1, -0.05) is 12.1 Å². The van der Waals surface area contributed by atoms with Crippen LogP contribution >= 0.6 is 11.3 Å². The number of benzene rings is 1. The minimum atomic E-state index is 0.537. The molecule has 0 aliphatic heterocycles. The molecule has 1 aromatic carbocycles. The molecule has 1 nitrogen and oxygen atoms in total. The van der Waals surface area contributed by atoms with Crippen molar-refractivity contribution in [3.63, 3.8) is 0 Å². The SMILES string of the molecule is CNC(C)Cc1cccc2scc(C)c12. The van der Waals surface area contributed by atoms with Gasteiger partial charge in [0, 0.05) is 10.7 Å². The van der Waals surface area contributed by atoms with E-state index in [1.54, 1.807) is 0 Å². The molecule has 1 atom stereocenters. The standard InChI is InChI=1S/C13H17NS/c1-9-8-15-12-6-4-5-11(13(9)12)7-10(2)14-3/h4-6,8,10,14H,7H2,1-3H3. The molecule has 0 amide bonds. The fraction of sp³-hybridized carbons (Fsp3) is 0.385. The first-order valence-corrected chi connectivity index (χ1v) is 6.23. The van der Waals surface area contributed by atoms with Crippen molar-refractivity contribution in [3.8, 4) is 0 Å². The topological polar surface area (TPSA) is 12.0 Å². The Morgan fingerprint density at radius 2 is 2.20 bits per heavy atom. The summed E-state index contributed by atoms with van der Waals surface area (Å²) >= 11 is 1.84. The third-order valence-corrected chi connectivity index (χ3v) is 3.95. The second-order valence-electron chi connectivity index (χ2n) is 4.10. The maximum absolute atomic E-state index is 3.29. The Morgan fingerprint density at radius 3 is 2.93 bits per heavy atom. The fourth-order valence-corrected chi connectivity index (χ4v) is 2.92. The van der Waals surface area contributed by atoms with Crippen molar-refractivity contribution in [3.05, 3.63) is 34.7 Å². The van der Waals surface area contributed by atoms with Gasteiger partial charge >= 0.3 is 0 Å². The van der Waals surface area contributed by atoms with Crippen molar-refractivity contribution in [2.24, 2.45) is 0 Å². The van der Waals surface area contributed by atoms with Gasteiger partial charge in [-0.05, 0) is 55.3 Å². The van der Waals surface area contributed by atoms with Gasteiger partial charge in [-0.25, -0.2) is 0 Å². The van der Waals surface area contributed by atoms with E-state index in [1.165, 1.54) is 21.2 Å². The third-order valence-electron chi connectivity index (χ3n) is 2.89. The van der Waals surface area contributed by atoms with Crippen LogP contribution < -0.4 is 5.32 Å². The summed E-state index contributed by atoms with van der Waals surface area (Å²) in [6.07, 6.45) is 1.10. The number of likely N-dealkylation sites (N-methyl/N-ethyl adjacent to an activating group) is 1. The van der Waals surface area contributed by atoms with Crippen molar-refractivity contribution in [2.75, 3.05) is 7.05 Å². The van der Waals surface area contributed by atoms with Crippen molar-refractivity contribution >= 4 is 21.4 Å². The van der Waals surface area contributed by atoms with Gasteiger partial charge in [0.1, 0.15) is 0 Å². The molecule has 2 aromatic rings. The Kier molecular flexibility index (Phi) is 3.08. The van der Waals surface area contributed by atoms with Gasteiger partial charge in [-0.3, -0.25) is 0 Å². The van der Waals surface area contributed by atoms with E-state index in [-0.39, 0.29) is 0 Å². The highest BCUT2D eigenvalue weighted by Gasteiger charge is 2.08. The molecule has 1 heterocycles. The predicted molar refractivity (Wildman–Crippen MR) is 68.8 cm³/mol. The lowest BCUT2D eigenvalue weighted by Gasteiger charge is -2.11. The molecule has 2 heteroatoms. The minimum absolute atomic E-state index is 0.537. The van der Waals surface area contributed by atoms with Crippen LogP contribution in [0.25, 0.3) is 10.1 Å². The van der Waals surface area contributed by atoms with Gasteiger partial charge in [0.05, 0.1) is 0 Å². The number of hydrogen-bond donors (Lipinski definition) is 1. The number of rotatable bonds is 3. The van der Waals surface area contributed by atoms with Gasteiger partial charge < -0.3 is 5.32 Å². The first-order valence-electron chi connectivity index (χ1n) is 5.35. The summed E-state index contributed by atoms with van der Waals surface area (Å²) in [5.41, 5.74) is 2.88. The van der Waals surface area contributed by atoms with Crippen LogP contribution in [0, 0.1) is 6.92 Å². The van der Waals surface area contributed by atoms with Gasteiger partial charge in [-0.2, -0.15) is 0 Å². The first kappa shape index (κ1) is 10.7. The Labute approximate surface area is 95.1 Å². The average Bonchev–Trinajstić information content (AvgIpc) is 2.61. The van der Waals surface area contributed by atoms with Crippen LogP contribution in [-0.2, 0) is 6.42 Å². The predicted octanol–water partition coefficient (Wildman–Crippen LogP) is 3.36. The van der Waals surface area contributed by atoms with Crippen LogP contribution in [0.4, 0.5) is 0 Å². The van der Waals surface area contributed by atoms with Crippen molar-refractivity contribution in [2.45, 2.75) is 26.3 Å². The molecule has 0 radical (unpaired) electrons. The Hall–Kier alpha value is -0.860. The van der Waals surface area contributed by atoms with E-state index in [9.17, 15) is 0 Å². The van der Waals surface area contributed by atoms with Crippen molar-refractivity contribution in [1.82, 2.24) is 5.32 Å². The second-order valence-corrected chi connectivity index (χ2v) is 5.01. The van der Waals surface area contributed by atoms with E-state index in [1.807, 2.05) is 18.4 Å². The van der Waals surface area contributed by atoms with Crippen LogP contribution in [0.2, 0.25) is 0 Å². The summed E-state index contributed by atoms with van der Waals surface area (Å²) in [6, 6.07) is 7.15. The van der Waals surface area contributed by atoms with E-state index in [4.69, 9.17) is 0 Å². The number of hydrogen-bond acceptors (Lipinski definition) is 2. The van der Waals surface area contributed by atoms with E-state index in [0.717, 1.165) is 6.42 Å². The summed E-state index contributed by atoms with van der Waals surface area (Å²) in [6.45, 7) is 4.42. The lowest BCUT2D eigenvalue weighted by molar-refractivity contribution is 0.610. The smallest absolute Gasteiger partial charge is 0.0348 e. The molecule has 0 aliphatic carbocycles. The van der Waals surface area contributed by atoms with Crippen molar-refractivity contribution < 1.29 is 0 Å². The molecule has 0 saturated heterocycles. The molecule has 1 unspecified atom stereocenters. The number of thiophene rings is 1. The second kappa shape index (κ2) is 4.33.